The quantitative estimate of drug-likeness (QED) is 0.873. The molecular formula is C13H16F3NO. The van der Waals surface area contributed by atoms with E-state index in [2.05, 4.69) is 5.32 Å². The molecule has 1 aliphatic heterocycles. The van der Waals surface area contributed by atoms with Crippen molar-refractivity contribution in [2.24, 2.45) is 0 Å². The fourth-order valence-electron chi connectivity index (χ4n) is 2.30. The maximum Gasteiger partial charge on any atom is 0.416 e. The second kappa shape index (κ2) is 5.28. The molecule has 2 atom stereocenters. The zero-order chi connectivity index (χ0) is 13.2. The van der Waals surface area contributed by atoms with Crippen molar-refractivity contribution >= 4 is 0 Å². The molecule has 18 heavy (non-hydrogen) atoms. The molecule has 1 fully saturated rings. The van der Waals surface area contributed by atoms with Crippen LogP contribution in [0.4, 0.5) is 13.2 Å². The van der Waals surface area contributed by atoms with Crippen LogP contribution in [0, 0.1) is 0 Å². The molecule has 0 aromatic heterocycles. The van der Waals surface area contributed by atoms with Crippen LogP contribution < -0.4 is 5.32 Å². The van der Waals surface area contributed by atoms with Crippen LogP contribution in [0.1, 0.15) is 24.0 Å². The lowest BCUT2D eigenvalue weighted by molar-refractivity contribution is -0.137. The number of rotatable bonds is 3. The molecule has 0 amide bonds. The topological polar surface area (TPSA) is 32.3 Å². The highest BCUT2D eigenvalue weighted by molar-refractivity contribution is 5.26. The Kier molecular flexibility index (Phi) is 3.92. The minimum Gasteiger partial charge on any atom is -0.391 e. The predicted molar refractivity (Wildman–Crippen MR) is 62.2 cm³/mol. The normalized spacial score (nSPS) is 22.1. The molecule has 2 N–H and O–H groups in total. The highest BCUT2D eigenvalue weighted by Crippen LogP contribution is 2.29. The van der Waals surface area contributed by atoms with Gasteiger partial charge in [0.25, 0.3) is 0 Å². The SMILES string of the molecule is OC(Cc1cccc(C(F)(F)F)c1)C1CCCN1. The third-order valence-electron chi connectivity index (χ3n) is 3.26. The number of hydrogen-bond acceptors (Lipinski definition) is 2. The van der Waals surface area contributed by atoms with E-state index >= 15 is 0 Å². The molecule has 0 saturated carbocycles. The van der Waals surface area contributed by atoms with Crippen LogP contribution in [0.2, 0.25) is 0 Å². The molecule has 1 heterocycles. The van der Waals surface area contributed by atoms with Crippen molar-refractivity contribution in [3.05, 3.63) is 35.4 Å². The summed E-state index contributed by atoms with van der Waals surface area (Å²) >= 11 is 0. The van der Waals surface area contributed by atoms with Gasteiger partial charge in [-0.2, -0.15) is 13.2 Å². The summed E-state index contributed by atoms with van der Waals surface area (Å²) < 4.78 is 37.6. The van der Waals surface area contributed by atoms with Gasteiger partial charge in [-0.25, -0.2) is 0 Å². The molecule has 1 saturated heterocycles. The van der Waals surface area contributed by atoms with Crippen LogP contribution in [0.5, 0.6) is 0 Å². The summed E-state index contributed by atoms with van der Waals surface area (Å²) in [4.78, 5) is 0. The van der Waals surface area contributed by atoms with Gasteiger partial charge in [0.15, 0.2) is 0 Å². The van der Waals surface area contributed by atoms with E-state index in [1.54, 1.807) is 6.07 Å². The first-order valence-corrected chi connectivity index (χ1v) is 6.04. The van der Waals surface area contributed by atoms with Gasteiger partial charge >= 0.3 is 6.18 Å². The van der Waals surface area contributed by atoms with Crippen LogP contribution in [-0.4, -0.2) is 23.8 Å². The van der Waals surface area contributed by atoms with E-state index in [0.717, 1.165) is 31.5 Å². The van der Waals surface area contributed by atoms with Crippen molar-refractivity contribution in [1.29, 1.82) is 0 Å². The molecule has 0 bridgehead atoms. The predicted octanol–water partition coefficient (Wildman–Crippen LogP) is 2.36. The molecule has 0 radical (unpaired) electrons. The number of aliphatic hydroxyl groups excluding tert-OH is 1. The first-order chi connectivity index (χ1) is 8.47. The van der Waals surface area contributed by atoms with Gasteiger partial charge in [0.05, 0.1) is 11.7 Å². The molecule has 2 rings (SSSR count). The summed E-state index contributed by atoms with van der Waals surface area (Å²) in [6.45, 7) is 0.865. The maximum atomic E-state index is 12.5. The largest absolute Gasteiger partial charge is 0.416 e. The fraction of sp³-hybridized carbons (Fsp3) is 0.538. The number of benzene rings is 1. The monoisotopic (exact) mass is 259 g/mol. The second-order valence-corrected chi connectivity index (χ2v) is 4.67. The number of alkyl halides is 3. The van der Waals surface area contributed by atoms with Crippen molar-refractivity contribution in [3.63, 3.8) is 0 Å². The van der Waals surface area contributed by atoms with E-state index in [9.17, 15) is 18.3 Å². The third kappa shape index (κ3) is 3.23. The van der Waals surface area contributed by atoms with Gasteiger partial charge in [0, 0.05) is 6.04 Å². The summed E-state index contributed by atoms with van der Waals surface area (Å²) in [6, 6.07) is 5.15. The van der Waals surface area contributed by atoms with Crippen molar-refractivity contribution in [2.75, 3.05) is 6.54 Å². The van der Waals surface area contributed by atoms with Crippen LogP contribution in [0.3, 0.4) is 0 Å². The highest BCUT2D eigenvalue weighted by atomic mass is 19.4. The number of aliphatic hydroxyl groups is 1. The Morgan fingerprint density at radius 2 is 2.17 bits per heavy atom. The second-order valence-electron chi connectivity index (χ2n) is 4.67. The average molecular weight is 259 g/mol. The van der Waals surface area contributed by atoms with Crippen molar-refractivity contribution in [2.45, 2.75) is 37.6 Å². The first kappa shape index (κ1) is 13.4. The van der Waals surface area contributed by atoms with Gasteiger partial charge in [0.1, 0.15) is 0 Å². The molecule has 1 aromatic rings. The van der Waals surface area contributed by atoms with Gasteiger partial charge in [-0.3, -0.25) is 0 Å². The van der Waals surface area contributed by atoms with Crippen molar-refractivity contribution < 1.29 is 18.3 Å². The smallest absolute Gasteiger partial charge is 0.391 e. The summed E-state index contributed by atoms with van der Waals surface area (Å²) in [5.41, 5.74) is -0.141. The third-order valence-corrected chi connectivity index (χ3v) is 3.26. The first-order valence-electron chi connectivity index (χ1n) is 6.04. The van der Waals surface area contributed by atoms with Crippen molar-refractivity contribution in [3.8, 4) is 0 Å². The van der Waals surface area contributed by atoms with E-state index in [0.29, 0.717) is 5.56 Å². The number of hydrogen-bond donors (Lipinski definition) is 2. The standard InChI is InChI=1S/C13H16F3NO/c14-13(15,16)10-4-1-3-9(7-10)8-12(18)11-5-2-6-17-11/h1,3-4,7,11-12,17-18H,2,5-6,8H2. The minimum absolute atomic E-state index is 0.000423. The zero-order valence-corrected chi connectivity index (χ0v) is 9.87. The van der Waals surface area contributed by atoms with Gasteiger partial charge in [0.2, 0.25) is 0 Å². The highest BCUT2D eigenvalue weighted by Gasteiger charge is 2.30. The summed E-state index contributed by atoms with van der Waals surface area (Å²) in [7, 11) is 0. The summed E-state index contributed by atoms with van der Waals surface area (Å²) in [6.07, 6.45) is -2.82. The van der Waals surface area contributed by atoms with Crippen LogP contribution in [-0.2, 0) is 12.6 Å². The average Bonchev–Trinajstić information content (AvgIpc) is 2.81. The molecular weight excluding hydrogens is 243 g/mol. The van der Waals surface area contributed by atoms with Gasteiger partial charge in [-0.1, -0.05) is 18.2 Å². The summed E-state index contributed by atoms with van der Waals surface area (Å²) in [5.74, 6) is 0. The van der Waals surface area contributed by atoms with E-state index < -0.39 is 17.8 Å². The Morgan fingerprint density at radius 3 is 2.78 bits per heavy atom. The van der Waals surface area contributed by atoms with E-state index in [1.165, 1.54) is 6.07 Å². The number of nitrogens with one attached hydrogen (secondary N) is 1. The maximum absolute atomic E-state index is 12.5. The fourth-order valence-corrected chi connectivity index (χ4v) is 2.30. The molecule has 0 spiro atoms. The van der Waals surface area contributed by atoms with Crippen LogP contribution in [0.25, 0.3) is 0 Å². The van der Waals surface area contributed by atoms with E-state index in [4.69, 9.17) is 0 Å². The summed E-state index contributed by atoms with van der Waals surface area (Å²) in [5, 5.41) is 13.1. The molecule has 1 aliphatic rings. The lowest BCUT2D eigenvalue weighted by atomic mass is 9.99. The molecule has 0 aliphatic carbocycles. The Hall–Kier alpha value is -1.07. The van der Waals surface area contributed by atoms with E-state index in [1.807, 2.05) is 0 Å². The molecule has 5 heteroatoms. The zero-order valence-electron chi connectivity index (χ0n) is 9.87. The molecule has 1 aromatic carbocycles. The lowest BCUT2D eigenvalue weighted by Crippen LogP contribution is -2.36. The molecule has 2 unspecified atom stereocenters. The molecule has 2 nitrogen and oxygen atoms in total. The van der Waals surface area contributed by atoms with Gasteiger partial charge < -0.3 is 10.4 Å². The van der Waals surface area contributed by atoms with Crippen LogP contribution in [0.15, 0.2) is 24.3 Å². The van der Waals surface area contributed by atoms with Crippen molar-refractivity contribution in [1.82, 2.24) is 5.32 Å². The Morgan fingerprint density at radius 1 is 1.39 bits per heavy atom. The van der Waals surface area contributed by atoms with Gasteiger partial charge in [-0.05, 0) is 37.4 Å². The Labute approximate surface area is 104 Å². The van der Waals surface area contributed by atoms with Gasteiger partial charge in [-0.15, -0.1) is 0 Å². The Bertz CT molecular complexity index is 399. The van der Waals surface area contributed by atoms with Crippen LogP contribution >= 0.6 is 0 Å². The Balaban J connectivity index is 2.04. The lowest BCUT2D eigenvalue weighted by Gasteiger charge is -2.18. The minimum atomic E-state index is -4.33. The number of halogens is 3. The van der Waals surface area contributed by atoms with E-state index in [-0.39, 0.29) is 12.5 Å². The molecule has 100 valence electrons.